The first kappa shape index (κ1) is 16.3. The second kappa shape index (κ2) is 8.41. The highest BCUT2D eigenvalue weighted by Gasteiger charge is 2.31. The summed E-state index contributed by atoms with van der Waals surface area (Å²) in [5.74, 6) is 1.63. The number of rotatable bonds is 6. The van der Waals surface area contributed by atoms with Crippen LogP contribution in [0.5, 0.6) is 0 Å². The molecule has 0 amide bonds. The van der Waals surface area contributed by atoms with Crippen molar-refractivity contribution in [3.8, 4) is 0 Å². The second-order valence-electron chi connectivity index (χ2n) is 5.98. The van der Waals surface area contributed by atoms with Crippen molar-refractivity contribution in [3.05, 3.63) is 0 Å². The lowest BCUT2D eigenvalue weighted by molar-refractivity contribution is 0.265. The molecule has 1 aliphatic heterocycles. The van der Waals surface area contributed by atoms with Gasteiger partial charge in [0.15, 0.2) is 5.96 Å². The molecule has 4 nitrogen and oxygen atoms in total. The van der Waals surface area contributed by atoms with E-state index in [1.807, 2.05) is 7.05 Å². The van der Waals surface area contributed by atoms with Gasteiger partial charge in [-0.25, -0.2) is 0 Å². The molecule has 0 aromatic rings. The summed E-state index contributed by atoms with van der Waals surface area (Å²) in [4.78, 5) is 6.86. The highest BCUT2D eigenvalue weighted by Crippen LogP contribution is 2.18. The molecule has 112 valence electrons. The van der Waals surface area contributed by atoms with Gasteiger partial charge in [0.25, 0.3) is 0 Å². The summed E-state index contributed by atoms with van der Waals surface area (Å²) >= 11 is 0. The van der Waals surface area contributed by atoms with Crippen molar-refractivity contribution in [2.45, 2.75) is 59.0 Å². The molecule has 19 heavy (non-hydrogen) atoms. The standard InChI is InChI=1S/C15H32N4/c1-6-7-8-9-17-15(16-5)18-14-11-19(12(2)3)10-13(14)4/h12-14H,6-11H2,1-5H3,(H2,16,17,18). The lowest BCUT2D eigenvalue weighted by Gasteiger charge is -2.21. The Kier molecular flexibility index (Phi) is 7.21. The van der Waals surface area contributed by atoms with Crippen molar-refractivity contribution < 1.29 is 0 Å². The molecule has 0 bridgehead atoms. The van der Waals surface area contributed by atoms with Gasteiger partial charge in [-0.2, -0.15) is 0 Å². The van der Waals surface area contributed by atoms with E-state index in [1.54, 1.807) is 0 Å². The third-order valence-corrected chi connectivity index (χ3v) is 3.99. The van der Waals surface area contributed by atoms with E-state index in [4.69, 9.17) is 0 Å². The van der Waals surface area contributed by atoms with Crippen LogP contribution in [0.1, 0.15) is 47.0 Å². The minimum atomic E-state index is 0.514. The molecule has 2 atom stereocenters. The molecule has 4 heteroatoms. The molecule has 0 aromatic heterocycles. The molecule has 0 spiro atoms. The molecule has 1 fully saturated rings. The van der Waals surface area contributed by atoms with Crippen LogP contribution in [0.25, 0.3) is 0 Å². The van der Waals surface area contributed by atoms with Crippen LogP contribution in [0, 0.1) is 5.92 Å². The number of hydrogen-bond donors (Lipinski definition) is 2. The van der Waals surface area contributed by atoms with Crippen LogP contribution >= 0.6 is 0 Å². The lowest BCUT2D eigenvalue weighted by Crippen LogP contribution is -2.47. The van der Waals surface area contributed by atoms with Crippen molar-refractivity contribution in [1.82, 2.24) is 15.5 Å². The first-order valence-corrected chi connectivity index (χ1v) is 7.79. The van der Waals surface area contributed by atoms with Crippen LogP contribution in [-0.4, -0.2) is 49.6 Å². The maximum atomic E-state index is 4.33. The fourth-order valence-corrected chi connectivity index (χ4v) is 2.57. The van der Waals surface area contributed by atoms with Gasteiger partial charge in [0.05, 0.1) is 0 Å². The van der Waals surface area contributed by atoms with Crippen LogP contribution in [0.2, 0.25) is 0 Å². The lowest BCUT2D eigenvalue weighted by atomic mass is 10.1. The summed E-state index contributed by atoms with van der Waals surface area (Å²) in [6, 6.07) is 1.15. The van der Waals surface area contributed by atoms with Crippen molar-refractivity contribution in [3.63, 3.8) is 0 Å². The molecule has 2 N–H and O–H groups in total. The molecule has 1 rings (SSSR count). The van der Waals surface area contributed by atoms with E-state index in [0.717, 1.165) is 19.0 Å². The van der Waals surface area contributed by atoms with E-state index in [2.05, 4.69) is 48.2 Å². The Labute approximate surface area is 119 Å². The van der Waals surface area contributed by atoms with Crippen molar-refractivity contribution in [1.29, 1.82) is 0 Å². The van der Waals surface area contributed by atoms with Gasteiger partial charge in [-0.1, -0.05) is 26.7 Å². The minimum Gasteiger partial charge on any atom is -0.356 e. The van der Waals surface area contributed by atoms with Gasteiger partial charge in [-0.05, 0) is 26.2 Å². The van der Waals surface area contributed by atoms with Crippen molar-refractivity contribution in [2.24, 2.45) is 10.9 Å². The molecule has 0 radical (unpaired) electrons. The average molecular weight is 268 g/mol. The predicted octanol–water partition coefficient (Wildman–Crippen LogP) is 2.07. The number of guanidine groups is 1. The van der Waals surface area contributed by atoms with E-state index in [9.17, 15) is 0 Å². The molecular weight excluding hydrogens is 236 g/mol. The summed E-state index contributed by atoms with van der Waals surface area (Å²) in [5, 5.41) is 6.99. The number of unbranched alkanes of at least 4 members (excludes halogenated alkanes) is 2. The fourth-order valence-electron chi connectivity index (χ4n) is 2.57. The number of hydrogen-bond acceptors (Lipinski definition) is 2. The molecule has 0 aliphatic carbocycles. The SMILES string of the molecule is CCCCCNC(=NC)NC1CN(C(C)C)CC1C. The third kappa shape index (κ3) is 5.39. The van der Waals surface area contributed by atoms with Gasteiger partial charge < -0.3 is 10.6 Å². The van der Waals surface area contributed by atoms with Crippen LogP contribution in [0.4, 0.5) is 0 Å². The number of aliphatic imine (C=N–C) groups is 1. The average Bonchev–Trinajstić information content (AvgIpc) is 2.75. The second-order valence-corrected chi connectivity index (χ2v) is 5.98. The Morgan fingerprint density at radius 3 is 2.58 bits per heavy atom. The predicted molar refractivity (Wildman–Crippen MR) is 83.7 cm³/mol. The summed E-state index contributed by atoms with van der Waals surface area (Å²) in [6.07, 6.45) is 3.76. The molecule has 1 heterocycles. The minimum absolute atomic E-state index is 0.514. The Morgan fingerprint density at radius 1 is 1.32 bits per heavy atom. The summed E-state index contributed by atoms with van der Waals surface area (Å²) in [5.41, 5.74) is 0. The molecule has 1 saturated heterocycles. The van der Waals surface area contributed by atoms with Gasteiger partial charge in [-0.3, -0.25) is 9.89 Å². The van der Waals surface area contributed by atoms with Gasteiger partial charge in [0.1, 0.15) is 0 Å². The number of likely N-dealkylation sites (tertiary alicyclic amines) is 1. The number of nitrogens with one attached hydrogen (secondary N) is 2. The topological polar surface area (TPSA) is 39.7 Å². The highest BCUT2D eigenvalue weighted by atomic mass is 15.3. The van der Waals surface area contributed by atoms with E-state index in [-0.39, 0.29) is 0 Å². The van der Waals surface area contributed by atoms with Gasteiger partial charge in [-0.15, -0.1) is 0 Å². The quantitative estimate of drug-likeness (QED) is 0.440. The van der Waals surface area contributed by atoms with E-state index in [1.165, 1.54) is 25.8 Å². The maximum Gasteiger partial charge on any atom is 0.191 e. The summed E-state index contributed by atoms with van der Waals surface area (Å²) in [7, 11) is 1.86. The van der Waals surface area contributed by atoms with E-state index in [0.29, 0.717) is 18.0 Å². The maximum absolute atomic E-state index is 4.33. The molecule has 0 aromatic carbocycles. The largest absolute Gasteiger partial charge is 0.356 e. The smallest absolute Gasteiger partial charge is 0.191 e. The third-order valence-electron chi connectivity index (χ3n) is 3.99. The Bertz CT molecular complexity index is 275. The first-order chi connectivity index (χ1) is 9.08. The number of nitrogens with zero attached hydrogens (tertiary/aromatic N) is 2. The van der Waals surface area contributed by atoms with Crippen molar-refractivity contribution in [2.75, 3.05) is 26.7 Å². The van der Waals surface area contributed by atoms with E-state index < -0.39 is 0 Å². The van der Waals surface area contributed by atoms with Gasteiger partial charge >= 0.3 is 0 Å². The van der Waals surface area contributed by atoms with Crippen LogP contribution in [-0.2, 0) is 0 Å². The van der Waals surface area contributed by atoms with Crippen LogP contribution in [0.3, 0.4) is 0 Å². The monoisotopic (exact) mass is 268 g/mol. The van der Waals surface area contributed by atoms with Gasteiger partial charge in [0, 0.05) is 38.8 Å². The Hall–Kier alpha value is -0.770. The molecule has 0 saturated carbocycles. The normalized spacial score (nSPS) is 25.1. The van der Waals surface area contributed by atoms with Gasteiger partial charge in [0.2, 0.25) is 0 Å². The van der Waals surface area contributed by atoms with Crippen LogP contribution < -0.4 is 10.6 Å². The Morgan fingerprint density at radius 2 is 2.05 bits per heavy atom. The van der Waals surface area contributed by atoms with Crippen molar-refractivity contribution >= 4 is 5.96 Å². The van der Waals surface area contributed by atoms with Crippen LogP contribution in [0.15, 0.2) is 4.99 Å². The molecular formula is C15H32N4. The summed E-state index contributed by atoms with van der Waals surface area (Å²) in [6.45, 7) is 12.4. The zero-order valence-corrected chi connectivity index (χ0v) is 13.4. The highest BCUT2D eigenvalue weighted by molar-refractivity contribution is 5.80. The zero-order valence-electron chi connectivity index (χ0n) is 13.4. The Balaban J connectivity index is 2.35. The van der Waals surface area contributed by atoms with E-state index >= 15 is 0 Å². The zero-order chi connectivity index (χ0) is 14.3. The fraction of sp³-hybridized carbons (Fsp3) is 0.933. The molecule has 1 aliphatic rings. The first-order valence-electron chi connectivity index (χ1n) is 7.79. The molecule has 2 unspecified atom stereocenters. The summed E-state index contributed by atoms with van der Waals surface area (Å²) < 4.78 is 0.